The average molecular weight is 227 g/mol. The fourth-order valence-corrected chi connectivity index (χ4v) is 2.25. The van der Waals surface area contributed by atoms with Gasteiger partial charge in [0.15, 0.2) is 0 Å². The minimum absolute atomic E-state index is 0.0935. The molecule has 1 aliphatic heterocycles. The number of carbonyl (C=O) groups excluding carboxylic acids is 1. The van der Waals surface area contributed by atoms with Crippen molar-refractivity contribution in [2.24, 2.45) is 5.92 Å². The summed E-state index contributed by atoms with van der Waals surface area (Å²) in [7, 11) is 0. The van der Waals surface area contributed by atoms with Gasteiger partial charge in [-0.25, -0.2) is 9.59 Å². The van der Waals surface area contributed by atoms with Crippen LogP contribution in [-0.2, 0) is 9.53 Å². The van der Waals surface area contributed by atoms with Gasteiger partial charge in [-0.2, -0.15) is 0 Å². The smallest absolute Gasteiger partial charge is 0.411 e. The van der Waals surface area contributed by atoms with Crippen LogP contribution < -0.4 is 0 Å². The number of carboxylic acid groups (broad SMARTS) is 1. The zero-order valence-corrected chi connectivity index (χ0v) is 9.77. The predicted molar refractivity (Wildman–Crippen MR) is 56.0 cm³/mol. The molecule has 2 rings (SSSR count). The van der Waals surface area contributed by atoms with Gasteiger partial charge in [-0.1, -0.05) is 0 Å². The average Bonchev–Trinajstić information content (AvgIpc) is 2.73. The van der Waals surface area contributed by atoms with Crippen LogP contribution in [0, 0.1) is 5.92 Å². The molecular weight excluding hydrogens is 210 g/mol. The van der Waals surface area contributed by atoms with Gasteiger partial charge in [0.2, 0.25) is 0 Å². The highest BCUT2D eigenvalue weighted by Gasteiger charge is 2.57. The molecule has 1 saturated heterocycles. The number of carbonyl (C=O) groups is 2. The Kier molecular flexibility index (Phi) is 2.36. The third-order valence-corrected chi connectivity index (χ3v) is 2.99. The van der Waals surface area contributed by atoms with Gasteiger partial charge in [-0.3, -0.25) is 4.90 Å². The molecule has 1 saturated carbocycles. The summed E-state index contributed by atoms with van der Waals surface area (Å²) in [5, 5.41) is 9.02. The van der Waals surface area contributed by atoms with Crippen molar-refractivity contribution in [1.29, 1.82) is 0 Å². The van der Waals surface area contributed by atoms with Crippen molar-refractivity contribution in [3.63, 3.8) is 0 Å². The number of amides is 1. The van der Waals surface area contributed by atoms with Crippen molar-refractivity contribution >= 4 is 12.1 Å². The number of hydrogen-bond donors (Lipinski definition) is 1. The summed E-state index contributed by atoms with van der Waals surface area (Å²) in [6.07, 6.45) is 0.993. The van der Waals surface area contributed by atoms with Crippen molar-refractivity contribution in [1.82, 2.24) is 4.90 Å². The zero-order valence-electron chi connectivity index (χ0n) is 9.77. The lowest BCUT2D eigenvalue weighted by molar-refractivity contribution is -0.142. The molecule has 2 fully saturated rings. The number of aliphatic carboxylic acids is 1. The Morgan fingerprint density at radius 2 is 1.94 bits per heavy atom. The van der Waals surface area contributed by atoms with Gasteiger partial charge in [0.05, 0.1) is 0 Å². The van der Waals surface area contributed by atoms with Gasteiger partial charge in [-0.15, -0.1) is 0 Å². The molecule has 1 amide bonds. The van der Waals surface area contributed by atoms with E-state index in [9.17, 15) is 9.59 Å². The number of rotatable bonds is 1. The molecule has 0 spiro atoms. The van der Waals surface area contributed by atoms with Crippen LogP contribution in [0.5, 0.6) is 0 Å². The Balaban J connectivity index is 2.07. The first-order chi connectivity index (χ1) is 7.29. The molecule has 0 aromatic carbocycles. The fourth-order valence-electron chi connectivity index (χ4n) is 2.25. The van der Waals surface area contributed by atoms with E-state index in [2.05, 4.69) is 0 Å². The van der Waals surface area contributed by atoms with Crippen LogP contribution in [0.4, 0.5) is 4.79 Å². The minimum atomic E-state index is -0.932. The van der Waals surface area contributed by atoms with E-state index >= 15 is 0 Å². The van der Waals surface area contributed by atoms with E-state index in [0.29, 0.717) is 12.3 Å². The summed E-state index contributed by atoms with van der Waals surface area (Å²) in [6, 6.07) is -0.602. The van der Waals surface area contributed by atoms with Gasteiger partial charge in [-0.05, 0) is 39.5 Å². The monoisotopic (exact) mass is 227 g/mol. The Labute approximate surface area is 94.4 Å². The molecule has 90 valence electrons. The van der Waals surface area contributed by atoms with Crippen LogP contribution in [0.2, 0.25) is 0 Å². The van der Waals surface area contributed by atoms with Crippen molar-refractivity contribution in [2.75, 3.05) is 0 Å². The third kappa shape index (κ3) is 1.99. The van der Waals surface area contributed by atoms with E-state index in [0.717, 1.165) is 6.42 Å². The lowest BCUT2D eigenvalue weighted by atomic mass is 10.2. The fraction of sp³-hybridized carbons (Fsp3) is 0.818. The normalized spacial score (nSPS) is 32.2. The molecule has 1 aliphatic carbocycles. The maximum atomic E-state index is 11.9. The molecule has 0 radical (unpaired) electrons. The number of nitrogens with zero attached hydrogens (tertiary/aromatic N) is 1. The van der Waals surface area contributed by atoms with E-state index in [4.69, 9.17) is 9.84 Å². The van der Waals surface area contributed by atoms with Gasteiger partial charge in [0, 0.05) is 6.04 Å². The van der Waals surface area contributed by atoms with Crippen molar-refractivity contribution < 1.29 is 19.4 Å². The topological polar surface area (TPSA) is 66.8 Å². The van der Waals surface area contributed by atoms with Crippen LogP contribution in [0.1, 0.15) is 33.6 Å². The number of likely N-dealkylation sites (tertiary alicyclic amines) is 1. The summed E-state index contributed by atoms with van der Waals surface area (Å²) in [6.45, 7) is 5.34. The molecule has 0 aromatic rings. The quantitative estimate of drug-likeness (QED) is 0.736. The Morgan fingerprint density at radius 1 is 1.31 bits per heavy atom. The SMILES string of the molecule is CC(C)(C)OC(=O)N1[C@@H](C(=O)O)CC2C[C@H]21. The molecule has 2 aliphatic rings. The summed E-state index contributed by atoms with van der Waals surface area (Å²) >= 11 is 0. The van der Waals surface area contributed by atoms with Crippen molar-refractivity contribution in [2.45, 2.75) is 51.3 Å². The van der Waals surface area contributed by atoms with Gasteiger partial charge in [0.25, 0.3) is 0 Å². The third-order valence-electron chi connectivity index (χ3n) is 2.99. The first-order valence-electron chi connectivity index (χ1n) is 5.54. The zero-order chi connectivity index (χ0) is 12.1. The summed E-state index contributed by atoms with van der Waals surface area (Å²) in [4.78, 5) is 24.3. The van der Waals surface area contributed by atoms with Crippen LogP contribution in [0.25, 0.3) is 0 Å². The minimum Gasteiger partial charge on any atom is -0.480 e. The molecular formula is C11H17NO4. The molecule has 1 N–H and O–H groups in total. The number of carboxylic acids is 1. The Morgan fingerprint density at radius 3 is 2.44 bits per heavy atom. The standard InChI is InChI=1S/C11H17NO4/c1-11(2,3)16-10(15)12-7-4-6(7)5-8(12)9(13)14/h6-8H,4-5H2,1-3H3,(H,13,14)/t6?,7-,8-/m1/s1. The molecule has 3 atom stereocenters. The lowest BCUT2D eigenvalue weighted by Crippen LogP contribution is -2.45. The lowest BCUT2D eigenvalue weighted by Gasteiger charge is -2.28. The van der Waals surface area contributed by atoms with Gasteiger partial charge >= 0.3 is 12.1 Å². The van der Waals surface area contributed by atoms with E-state index in [1.165, 1.54) is 4.90 Å². The Bertz CT molecular complexity index is 333. The number of hydrogen-bond acceptors (Lipinski definition) is 3. The first kappa shape index (κ1) is 11.2. The molecule has 0 aromatic heterocycles. The summed E-state index contributed by atoms with van der Waals surface area (Å²) in [5.74, 6) is -0.563. The summed E-state index contributed by atoms with van der Waals surface area (Å²) < 4.78 is 5.22. The van der Waals surface area contributed by atoms with E-state index in [1.807, 2.05) is 0 Å². The second-order valence-corrected chi connectivity index (χ2v) is 5.54. The van der Waals surface area contributed by atoms with Gasteiger partial charge in [0.1, 0.15) is 11.6 Å². The maximum absolute atomic E-state index is 11.9. The van der Waals surface area contributed by atoms with Crippen LogP contribution in [0.15, 0.2) is 0 Å². The number of piperidine rings is 1. The number of fused-ring (bicyclic) bond motifs is 1. The van der Waals surface area contributed by atoms with Gasteiger partial charge < -0.3 is 9.84 Å². The highest BCUT2D eigenvalue weighted by molar-refractivity contribution is 5.82. The maximum Gasteiger partial charge on any atom is 0.411 e. The van der Waals surface area contributed by atoms with E-state index in [1.54, 1.807) is 20.8 Å². The van der Waals surface area contributed by atoms with Crippen molar-refractivity contribution in [3.8, 4) is 0 Å². The molecule has 1 heterocycles. The second kappa shape index (κ2) is 3.37. The second-order valence-electron chi connectivity index (χ2n) is 5.54. The van der Waals surface area contributed by atoms with Crippen LogP contribution in [-0.4, -0.2) is 39.8 Å². The first-order valence-corrected chi connectivity index (χ1v) is 5.54. The molecule has 1 unspecified atom stereocenters. The molecule has 5 nitrogen and oxygen atoms in total. The van der Waals surface area contributed by atoms with Crippen molar-refractivity contribution in [3.05, 3.63) is 0 Å². The molecule has 16 heavy (non-hydrogen) atoms. The number of ether oxygens (including phenoxy) is 1. The van der Waals surface area contributed by atoms with Crippen LogP contribution >= 0.6 is 0 Å². The Hall–Kier alpha value is -1.26. The van der Waals surface area contributed by atoms with Crippen LogP contribution in [0.3, 0.4) is 0 Å². The summed E-state index contributed by atoms with van der Waals surface area (Å²) in [5.41, 5.74) is -0.576. The van der Waals surface area contributed by atoms with E-state index in [-0.39, 0.29) is 6.04 Å². The highest BCUT2D eigenvalue weighted by atomic mass is 16.6. The molecule has 0 bridgehead atoms. The largest absolute Gasteiger partial charge is 0.480 e. The highest BCUT2D eigenvalue weighted by Crippen LogP contribution is 2.48. The molecule has 5 heteroatoms. The predicted octanol–water partition coefficient (Wildman–Crippen LogP) is 1.47. The van der Waals surface area contributed by atoms with E-state index < -0.39 is 23.7 Å².